The van der Waals surface area contributed by atoms with E-state index in [0.717, 1.165) is 24.2 Å². The number of hydrogen-bond acceptors (Lipinski definition) is 4. The highest BCUT2D eigenvalue weighted by Crippen LogP contribution is 2.22. The summed E-state index contributed by atoms with van der Waals surface area (Å²) >= 11 is 0. The number of nitrogens with zero attached hydrogens (tertiary/aromatic N) is 1. The van der Waals surface area contributed by atoms with E-state index in [1.54, 1.807) is 0 Å². The number of benzene rings is 1. The van der Waals surface area contributed by atoms with Crippen molar-refractivity contribution in [2.24, 2.45) is 0 Å². The molecule has 0 radical (unpaired) electrons. The summed E-state index contributed by atoms with van der Waals surface area (Å²) in [5.41, 5.74) is 0.990. The number of hydrogen-bond donors (Lipinski definition) is 1. The molecule has 1 atom stereocenters. The largest absolute Gasteiger partial charge is 0.459 e. The average molecular weight is 342 g/mol. The lowest BCUT2D eigenvalue weighted by molar-refractivity contribution is -0.127. The van der Waals surface area contributed by atoms with Crippen molar-refractivity contribution in [2.75, 3.05) is 13.7 Å². The predicted molar refractivity (Wildman–Crippen MR) is 92.7 cm³/mol. The fourth-order valence-electron chi connectivity index (χ4n) is 3.06. The van der Waals surface area contributed by atoms with Crippen LogP contribution < -0.4 is 5.32 Å². The Bertz CT molecular complexity index is 726. The maximum Gasteiger partial charge on any atom is 0.410 e. The van der Waals surface area contributed by atoms with Crippen LogP contribution in [0.4, 0.5) is 4.79 Å². The monoisotopic (exact) mass is 342 g/mol. The zero-order valence-corrected chi connectivity index (χ0v) is 14.2. The van der Waals surface area contributed by atoms with Crippen molar-refractivity contribution in [3.63, 3.8) is 0 Å². The van der Waals surface area contributed by atoms with Gasteiger partial charge in [0, 0.05) is 12.1 Å². The van der Waals surface area contributed by atoms with Gasteiger partial charge in [-0.3, -0.25) is 9.69 Å². The standard InChI is InChI=1S/C19H22N2O4/c1-24-19(23)21-12-6-5-9-16(21)18(22)20-13-15-10-11-17(25-15)14-7-3-2-4-8-14/h2-4,7-8,10-11,16H,5-6,9,12-13H2,1H3,(H,20,22)/t16-/m1/s1. The van der Waals surface area contributed by atoms with Gasteiger partial charge in [-0.15, -0.1) is 0 Å². The number of nitrogens with one attached hydrogen (secondary N) is 1. The van der Waals surface area contributed by atoms with Crippen molar-refractivity contribution in [3.05, 3.63) is 48.2 Å². The zero-order chi connectivity index (χ0) is 17.6. The molecule has 1 fully saturated rings. The second-order valence-corrected chi connectivity index (χ2v) is 6.02. The van der Waals surface area contributed by atoms with Gasteiger partial charge < -0.3 is 14.5 Å². The number of rotatable bonds is 4. The molecule has 6 heteroatoms. The Hall–Kier alpha value is -2.76. The first-order chi connectivity index (χ1) is 12.2. The first-order valence-electron chi connectivity index (χ1n) is 8.45. The maximum absolute atomic E-state index is 12.5. The topological polar surface area (TPSA) is 71.8 Å². The predicted octanol–water partition coefficient (Wildman–Crippen LogP) is 3.18. The van der Waals surface area contributed by atoms with Crippen LogP contribution in [0.25, 0.3) is 11.3 Å². The lowest BCUT2D eigenvalue weighted by Gasteiger charge is -2.33. The van der Waals surface area contributed by atoms with Crippen LogP contribution in [-0.2, 0) is 16.1 Å². The van der Waals surface area contributed by atoms with E-state index in [4.69, 9.17) is 9.15 Å². The van der Waals surface area contributed by atoms with E-state index in [1.165, 1.54) is 12.0 Å². The highest BCUT2D eigenvalue weighted by Gasteiger charge is 2.32. The Morgan fingerprint density at radius 2 is 2.00 bits per heavy atom. The molecule has 0 saturated carbocycles. The molecule has 1 aliphatic heterocycles. The highest BCUT2D eigenvalue weighted by molar-refractivity contribution is 5.85. The molecule has 1 aromatic heterocycles. The molecule has 0 bridgehead atoms. The molecule has 1 saturated heterocycles. The molecule has 6 nitrogen and oxygen atoms in total. The van der Waals surface area contributed by atoms with Crippen LogP contribution in [0, 0.1) is 0 Å². The maximum atomic E-state index is 12.5. The number of carbonyl (C=O) groups excluding carboxylic acids is 2. The smallest absolute Gasteiger partial charge is 0.410 e. The Morgan fingerprint density at radius 3 is 2.76 bits per heavy atom. The molecule has 1 aromatic carbocycles. The molecule has 132 valence electrons. The van der Waals surface area contributed by atoms with E-state index in [2.05, 4.69) is 5.32 Å². The summed E-state index contributed by atoms with van der Waals surface area (Å²) < 4.78 is 10.6. The van der Waals surface area contributed by atoms with Gasteiger partial charge in [-0.05, 0) is 31.4 Å². The normalized spacial score (nSPS) is 17.2. The molecule has 25 heavy (non-hydrogen) atoms. The first-order valence-corrected chi connectivity index (χ1v) is 8.45. The van der Waals surface area contributed by atoms with Crippen molar-refractivity contribution < 1.29 is 18.7 Å². The van der Waals surface area contributed by atoms with Gasteiger partial charge in [-0.25, -0.2) is 4.79 Å². The molecule has 0 unspecified atom stereocenters. The van der Waals surface area contributed by atoms with Crippen LogP contribution in [0.15, 0.2) is 46.9 Å². The molecule has 0 aliphatic carbocycles. The van der Waals surface area contributed by atoms with Gasteiger partial charge in [-0.1, -0.05) is 30.3 Å². The molecular weight excluding hydrogens is 320 g/mol. The second kappa shape index (κ2) is 7.88. The Morgan fingerprint density at radius 1 is 1.20 bits per heavy atom. The summed E-state index contributed by atoms with van der Waals surface area (Å²) in [5, 5.41) is 2.86. The molecule has 2 aromatic rings. The number of furan rings is 1. The minimum Gasteiger partial charge on any atom is -0.459 e. The summed E-state index contributed by atoms with van der Waals surface area (Å²) in [5.74, 6) is 1.26. The van der Waals surface area contributed by atoms with E-state index in [0.29, 0.717) is 18.7 Å². The van der Waals surface area contributed by atoms with Gasteiger partial charge in [0.25, 0.3) is 0 Å². The van der Waals surface area contributed by atoms with Crippen molar-refractivity contribution >= 4 is 12.0 Å². The third-order valence-corrected chi connectivity index (χ3v) is 4.37. The first kappa shape index (κ1) is 17.1. The Kier molecular flexibility index (Phi) is 5.38. The summed E-state index contributed by atoms with van der Waals surface area (Å²) in [4.78, 5) is 25.8. The number of piperidine rings is 1. The SMILES string of the molecule is COC(=O)N1CCCC[C@@H]1C(=O)NCc1ccc(-c2ccccc2)o1. The number of likely N-dealkylation sites (tertiary alicyclic amines) is 1. The average Bonchev–Trinajstić information content (AvgIpc) is 3.15. The lowest BCUT2D eigenvalue weighted by atomic mass is 10.0. The van der Waals surface area contributed by atoms with Gasteiger partial charge >= 0.3 is 6.09 Å². The summed E-state index contributed by atoms with van der Waals surface area (Å²) in [6, 6.07) is 13.0. The second-order valence-electron chi connectivity index (χ2n) is 6.02. The highest BCUT2D eigenvalue weighted by atomic mass is 16.5. The van der Waals surface area contributed by atoms with Crippen LogP contribution in [-0.4, -0.2) is 36.6 Å². The van der Waals surface area contributed by atoms with Crippen molar-refractivity contribution in [3.8, 4) is 11.3 Å². The Labute approximate surface area is 146 Å². The van der Waals surface area contributed by atoms with Crippen LogP contribution >= 0.6 is 0 Å². The quantitative estimate of drug-likeness (QED) is 0.926. The number of methoxy groups -OCH3 is 1. The van der Waals surface area contributed by atoms with Gasteiger partial charge in [0.15, 0.2) is 0 Å². The zero-order valence-electron chi connectivity index (χ0n) is 14.2. The minimum atomic E-state index is -0.482. The molecule has 2 heterocycles. The van der Waals surface area contributed by atoms with E-state index in [1.807, 2.05) is 42.5 Å². The fourth-order valence-corrected chi connectivity index (χ4v) is 3.06. The van der Waals surface area contributed by atoms with Crippen LogP contribution in [0.1, 0.15) is 25.0 Å². The van der Waals surface area contributed by atoms with E-state index < -0.39 is 12.1 Å². The number of carbonyl (C=O) groups is 2. The summed E-state index contributed by atoms with van der Waals surface area (Å²) in [7, 11) is 1.33. The molecule has 1 N–H and O–H groups in total. The fraction of sp³-hybridized carbons (Fsp3) is 0.368. The minimum absolute atomic E-state index is 0.178. The van der Waals surface area contributed by atoms with E-state index in [9.17, 15) is 9.59 Å². The number of amides is 2. The van der Waals surface area contributed by atoms with E-state index in [-0.39, 0.29) is 12.5 Å². The number of ether oxygens (including phenoxy) is 1. The van der Waals surface area contributed by atoms with Gasteiger partial charge in [0.1, 0.15) is 17.6 Å². The molecule has 3 rings (SSSR count). The van der Waals surface area contributed by atoms with Crippen molar-refractivity contribution in [1.82, 2.24) is 10.2 Å². The molecule has 1 aliphatic rings. The molecule has 0 spiro atoms. The lowest BCUT2D eigenvalue weighted by Crippen LogP contribution is -2.51. The van der Waals surface area contributed by atoms with Gasteiger partial charge in [0.2, 0.25) is 5.91 Å². The van der Waals surface area contributed by atoms with Crippen molar-refractivity contribution in [2.45, 2.75) is 31.8 Å². The third-order valence-electron chi connectivity index (χ3n) is 4.37. The summed E-state index contributed by atoms with van der Waals surface area (Å²) in [6.45, 7) is 0.834. The van der Waals surface area contributed by atoms with Crippen LogP contribution in [0.2, 0.25) is 0 Å². The van der Waals surface area contributed by atoms with Crippen LogP contribution in [0.5, 0.6) is 0 Å². The third kappa shape index (κ3) is 4.02. The van der Waals surface area contributed by atoms with Crippen LogP contribution in [0.3, 0.4) is 0 Å². The Balaban J connectivity index is 1.60. The van der Waals surface area contributed by atoms with Gasteiger partial charge in [-0.2, -0.15) is 0 Å². The summed E-state index contributed by atoms with van der Waals surface area (Å²) in [6.07, 6.45) is 2.00. The van der Waals surface area contributed by atoms with E-state index >= 15 is 0 Å². The van der Waals surface area contributed by atoms with Crippen molar-refractivity contribution in [1.29, 1.82) is 0 Å². The molecular formula is C19H22N2O4. The molecule has 2 amide bonds. The van der Waals surface area contributed by atoms with Gasteiger partial charge in [0.05, 0.1) is 13.7 Å².